The summed E-state index contributed by atoms with van der Waals surface area (Å²) >= 11 is 0. The topological polar surface area (TPSA) is 72.4 Å². The summed E-state index contributed by atoms with van der Waals surface area (Å²) in [5.74, 6) is -1.03. The van der Waals surface area contributed by atoms with E-state index in [4.69, 9.17) is 8.94 Å². The van der Waals surface area contributed by atoms with Crippen LogP contribution in [-0.2, 0) is 0 Å². The molecule has 0 atom stereocenters. The predicted octanol–water partition coefficient (Wildman–Crippen LogP) is 3.63. The molecule has 26 heavy (non-hydrogen) atoms. The van der Waals surface area contributed by atoms with E-state index in [1.807, 2.05) is 0 Å². The van der Waals surface area contributed by atoms with E-state index in [1.165, 1.54) is 12.3 Å². The van der Waals surface area contributed by atoms with Crippen molar-refractivity contribution in [3.63, 3.8) is 0 Å². The van der Waals surface area contributed by atoms with Gasteiger partial charge in [0.25, 0.3) is 5.91 Å². The second kappa shape index (κ2) is 6.70. The summed E-state index contributed by atoms with van der Waals surface area (Å²) in [4.78, 5) is 18.3. The second-order valence-electron chi connectivity index (χ2n) is 6.13. The van der Waals surface area contributed by atoms with E-state index in [1.54, 1.807) is 17.0 Å². The van der Waals surface area contributed by atoms with Crippen LogP contribution >= 0.6 is 0 Å². The number of carbonyl (C=O) groups is 1. The van der Waals surface area contributed by atoms with Gasteiger partial charge in [-0.3, -0.25) is 4.79 Å². The van der Waals surface area contributed by atoms with Crippen LogP contribution in [-0.4, -0.2) is 34.0 Å². The molecule has 1 fully saturated rings. The van der Waals surface area contributed by atoms with Gasteiger partial charge < -0.3 is 13.8 Å². The van der Waals surface area contributed by atoms with Crippen LogP contribution in [0.2, 0.25) is 0 Å². The first-order valence-electron chi connectivity index (χ1n) is 8.23. The number of rotatable bonds is 3. The Kier molecular flexibility index (Phi) is 4.24. The van der Waals surface area contributed by atoms with Gasteiger partial charge in [-0.15, -0.1) is 0 Å². The van der Waals surface area contributed by atoms with Gasteiger partial charge in [0.2, 0.25) is 11.7 Å². The molecule has 2 aromatic heterocycles. The van der Waals surface area contributed by atoms with E-state index < -0.39 is 11.6 Å². The molecular formula is C18H15F2N3O3. The van der Waals surface area contributed by atoms with Gasteiger partial charge in [-0.1, -0.05) is 5.16 Å². The minimum atomic E-state index is -0.960. The zero-order chi connectivity index (χ0) is 18.1. The highest BCUT2D eigenvalue weighted by Gasteiger charge is 2.29. The van der Waals surface area contributed by atoms with Crippen molar-refractivity contribution in [2.45, 2.75) is 18.8 Å². The van der Waals surface area contributed by atoms with Crippen LogP contribution in [0.15, 0.2) is 45.5 Å². The minimum Gasteiger partial charge on any atom is -0.459 e. The molecule has 0 saturated carbocycles. The summed E-state index contributed by atoms with van der Waals surface area (Å²) < 4.78 is 36.8. The van der Waals surface area contributed by atoms with Crippen molar-refractivity contribution in [2.24, 2.45) is 0 Å². The Balaban J connectivity index is 1.43. The van der Waals surface area contributed by atoms with Crippen LogP contribution in [0.4, 0.5) is 8.78 Å². The molecule has 0 spiro atoms. The number of hydrogen-bond donors (Lipinski definition) is 0. The van der Waals surface area contributed by atoms with Crippen LogP contribution in [0, 0.1) is 11.6 Å². The average Bonchev–Trinajstić information content (AvgIpc) is 3.36. The van der Waals surface area contributed by atoms with Crippen LogP contribution in [0.1, 0.15) is 35.2 Å². The first kappa shape index (κ1) is 16.4. The lowest BCUT2D eigenvalue weighted by molar-refractivity contribution is 0.0672. The molecule has 1 aliphatic heterocycles. The largest absolute Gasteiger partial charge is 0.459 e. The predicted molar refractivity (Wildman–Crippen MR) is 86.2 cm³/mol. The third-order valence-corrected chi connectivity index (χ3v) is 4.48. The molecule has 3 heterocycles. The SMILES string of the molecule is O=C(c1ccco1)N1CCC(c2nc(-c3ccc(F)c(F)c3)no2)CC1. The Bertz CT molecular complexity index is 916. The number of piperidine rings is 1. The first-order chi connectivity index (χ1) is 12.6. The van der Waals surface area contributed by atoms with E-state index >= 15 is 0 Å². The Labute approximate surface area is 147 Å². The van der Waals surface area contributed by atoms with Crippen LogP contribution < -0.4 is 0 Å². The van der Waals surface area contributed by atoms with E-state index in [9.17, 15) is 13.6 Å². The maximum atomic E-state index is 13.4. The van der Waals surface area contributed by atoms with Crippen molar-refractivity contribution >= 4 is 5.91 Å². The summed E-state index contributed by atoms with van der Waals surface area (Å²) in [6.07, 6.45) is 2.82. The summed E-state index contributed by atoms with van der Waals surface area (Å²) in [6, 6.07) is 6.78. The van der Waals surface area contributed by atoms with Crippen molar-refractivity contribution in [1.82, 2.24) is 15.0 Å². The number of furan rings is 1. The Morgan fingerprint density at radius 2 is 1.96 bits per heavy atom. The number of hydrogen-bond acceptors (Lipinski definition) is 5. The fourth-order valence-corrected chi connectivity index (χ4v) is 3.04. The van der Waals surface area contributed by atoms with Crippen LogP contribution in [0.3, 0.4) is 0 Å². The van der Waals surface area contributed by atoms with Crippen molar-refractivity contribution in [2.75, 3.05) is 13.1 Å². The lowest BCUT2D eigenvalue weighted by Gasteiger charge is -2.29. The number of nitrogens with zero attached hydrogens (tertiary/aromatic N) is 3. The number of amides is 1. The molecule has 1 aliphatic rings. The molecule has 1 amide bonds. The number of likely N-dealkylation sites (tertiary alicyclic amines) is 1. The fraction of sp³-hybridized carbons (Fsp3) is 0.278. The Morgan fingerprint density at radius 3 is 2.65 bits per heavy atom. The van der Waals surface area contributed by atoms with Crippen molar-refractivity contribution < 1.29 is 22.5 Å². The fourth-order valence-electron chi connectivity index (χ4n) is 3.04. The summed E-state index contributed by atoms with van der Waals surface area (Å²) in [5, 5.41) is 3.86. The van der Waals surface area contributed by atoms with Gasteiger partial charge in [0, 0.05) is 24.6 Å². The zero-order valence-corrected chi connectivity index (χ0v) is 13.7. The summed E-state index contributed by atoms with van der Waals surface area (Å²) in [7, 11) is 0. The van der Waals surface area contributed by atoms with E-state index in [-0.39, 0.29) is 17.6 Å². The normalized spacial score (nSPS) is 15.4. The van der Waals surface area contributed by atoms with Crippen LogP contribution in [0.5, 0.6) is 0 Å². The van der Waals surface area contributed by atoms with Crippen molar-refractivity contribution in [1.29, 1.82) is 0 Å². The van der Waals surface area contributed by atoms with E-state index in [2.05, 4.69) is 10.1 Å². The second-order valence-corrected chi connectivity index (χ2v) is 6.13. The number of carbonyl (C=O) groups excluding carboxylic acids is 1. The molecule has 0 aliphatic carbocycles. The maximum absolute atomic E-state index is 13.4. The van der Waals surface area contributed by atoms with Gasteiger partial charge in [-0.2, -0.15) is 4.98 Å². The highest BCUT2D eigenvalue weighted by molar-refractivity contribution is 5.91. The number of halogens is 2. The highest BCUT2D eigenvalue weighted by Crippen LogP contribution is 2.29. The summed E-state index contributed by atoms with van der Waals surface area (Å²) in [6.45, 7) is 1.10. The Hall–Kier alpha value is -3.03. The molecule has 8 heteroatoms. The number of aromatic nitrogens is 2. The first-order valence-corrected chi connectivity index (χ1v) is 8.23. The summed E-state index contributed by atoms with van der Waals surface area (Å²) in [5.41, 5.74) is 0.351. The van der Waals surface area contributed by atoms with Gasteiger partial charge >= 0.3 is 0 Å². The highest BCUT2D eigenvalue weighted by atomic mass is 19.2. The third kappa shape index (κ3) is 3.10. The van der Waals surface area contributed by atoms with Crippen LogP contribution in [0.25, 0.3) is 11.4 Å². The van der Waals surface area contributed by atoms with Gasteiger partial charge in [-0.25, -0.2) is 8.78 Å². The average molecular weight is 359 g/mol. The molecule has 4 rings (SSSR count). The molecule has 0 N–H and O–H groups in total. The molecule has 0 unspecified atom stereocenters. The van der Waals surface area contributed by atoms with Gasteiger partial charge in [0.05, 0.1) is 6.26 Å². The molecule has 1 saturated heterocycles. The molecule has 134 valence electrons. The smallest absolute Gasteiger partial charge is 0.289 e. The van der Waals surface area contributed by atoms with Gasteiger partial charge in [0.15, 0.2) is 17.4 Å². The number of benzene rings is 1. The molecule has 0 bridgehead atoms. The molecule has 0 radical (unpaired) electrons. The van der Waals surface area contributed by atoms with E-state index in [0.717, 1.165) is 12.1 Å². The van der Waals surface area contributed by atoms with Gasteiger partial charge in [0.1, 0.15) is 0 Å². The van der Waals surface area contributed by atoms with Crippen molar-refractivity contribution in [3.05, 3.63) is 59.9 Å². The molecular weight excluding hydrogens is 344 g/mol. The lowest BCUT2D eigenvalue weighted by Crippen LogP contribution is -2.37. The van der Waals surface area contributed by atoms with E-state index in [0.29, 0.717) is 43.1 Å². The molecule has 3 aromatic rings. The lowest BCUT2D eigenvalue weighted by atomic mass is 9.96. The third-order valence-electron chi connectivity index (χ3n) is 4.48. The molecule has 1 aromatic carbocycles. The van der Waals surface area contributed by atoms with Crippen molar-refractivity contribution in [3.8, 4) is 11.4 Å². The minimum absolute atomic E-state index is 0.0159. The maximum Gasteiger partial charge on any atom is 0.289 e. The zero-order valence-electron chi connectivity index (χ0n) is 13.7. The van der Waals surface area contributed by atoms with Gasteiger partial charge in [-0.05, 0) is 43.2 Å². The quantitative estimate of drug-likeness (QED) is 0.714. The standard InChI is InChI=1S/C18H15F2N3O3/c19-13-4-3-12(10-14(13)20)16-21-17(26-22-16)11-5-7-23(8-6-11)18(24)15-2-1-9-25-15/h1-4,9-11H,5-8H2. The molecule has 6 nitrogen and oxygen atoms in total. The Morgan fingerprint density at radius 1 is 1.15 bits per heavy atom. The monoisotopic (exact) mass is 359 g/mol.